The Bertz CT molecular complexity index is 596. The Hall–Kier alpha value is -2.10. The van der Waals surface area contributed by atoms with Crippen LogP contribution in [-0.4, -0.2) is 12.5 Å². The second-order valence-corrected chi connectivity index (χ2v) is 4.97. The fourth-order valence-corrected chi connectivity index (χ4v) is 2.08. The number of nitrogens with one attached hydrogen (secondary N) is 2. The van der Waals surface area contributed by atoms with Crippen molar-refractivity contribution >= 4 is 23.2 Å². The van der Waals surface area contributed by atoms with E-state index in [-0.39, 0.29) is 5.91 Å². The maximum absolute atomic E-state index is 12.5. The van der Waals surface area contributed by atoms with E-state index in [1.54, 1.807) is 30.3 Å². The summed E-state index contributed by atoms with van der Waals surface area (Å²) in [4.78, 5) is 12.5. The number of hydrogen-bond acceptors (Lipinski definition) is 2. The third-order valence-electron chi connectivity index (χ3n) is 2.97. The Morgan fingerprint density at radius 3 is 2.43 bits per heavy atom. The largest absolute Gasteiger partial charge is 0.324 e. The van der Waals surface area contributed by atoms with Gasteiger partial charge in [0, 0.05) is 17.3 Å². The van der Waals surface area contributed by atoms with Gasteiger partial charge in [0.05, 0.1) is 0 Å². The van der Waals surface area contributed by atoms with Crippen LogP contribution in [0.5, 0.6) is 0 Å². The zero-order valence-corrected chi connectivity index (χ0v) is 12.3. The second kappa shape index (κ2) is 7.62. The number of anilines is 1. The Labute approximate surface area is 129 Å². The Kier molecular flexibility index (Phi) is 5.55. The van der Waals surface area contributed by atoms with Crippen molar-refractivity contribution in [2.45, 2.75) is 6.04 Å². The molecule has 4 heteroatoms. The number of halogens is 1. The van der Waals surface area contributed by atoms with Gasteiger partial charge in [-0.25, -0.2) is 0 Å². The highest BCUT2D eigenvalue weighted by atomic mass is 35.5. The van der Waals surface area contributed by atoms with Crippen LogP contribution in [0.15, 0.2) is 67.3 Å². The van der Waals surface area contributed by atoms with Crippen molar-refractivity contribution in [1.82, 2.24) is 5.32 Å². The van der Waals surface area contributed by atoms with E-state index in [1.807, 2.05) is 30.3 Å². The molecule has 21 heavy (non-hydrogen) atoms. The van der Waals surface area contributed by atoms with Gasteiger partial charge in [-0.05, 0) is 29.8 Å². The average Bonchev–Trinajstić information content (AvgIpc) is 2.51. The molecule has 0 saturated carbocycles. The van der Waals surface area contributed by atoms with Gasteiger partial charge in [-0.1, -0.05) is 48.0 Å². The van der Waals surface area contributed by atoms with Crippen molar-refractivity contribution in [3.8, 4) is 0 Å². The van der Waals surface area contributed by atoms with Gasteiger partial charge in [0.25, 0.3) is 0 Å². The van der Waals surface area contributed by atoms with Gasteiger partial charge in [-0.3, -0.25) is 10.1 Å². The molecule has 3 nitrogen and oxygen atoms in total. The zero-order chi connectivity index (χ0) is 15.1. The van der Waals surface area contributed by atoms with Gasteiger partial charge < -0.3 is 5.32 Å². The summed E-state index contributed by atoms with van der Waals surface area (Å²) in [6.45, 7) is 4.22. The first-order chi connectivity index (χ1) is 10.2. The van der Waals surface area contributed by atoms with Crippen LogP contribution in [0.1, 0.15) is 11.6 Å². The summed E-state index contributed by atoms with van der Waals surface area (Å²) in [6, 6.07) is 16.2. The molecule has 0 aliphatic carbocycles. The van der Waals surface area contributed by atoms with Gasteiger partial charge in [0.2, 0.25) is 5.91 Å². The van der Waals surface area contributed by atoms with Crippen LogP contribution in [0.3, 0.4) is 0 Å². The minimum atomic E-state index is -0.431. The lowest BCUT2D eigenvalue weighted by molar-refractivity contribution is -0.118. The van der Waals surface area contributed by atoms with E-state index < -0.39 is 6.04 Å². The van der Waals surface area contributed by atoms with Crippen molar-refractivity contribution in [2.75, 3.05) is 11.9 Å². The molecule has 0 radical (unpaired) electrons. The topological polar surface area (TPSA) is 41.1 Å². The molecule has 0 unspecified atom stereocenters. The van der Waals surface area contributed by atoms with Gasteiger partial charge in [-0.2, -0.15) is 0 Å². The molecule has 0 aliphatic heterocycles. The first kappa shape index (κ1) is 15.3. The maximum atomic E-state index is 12.5. The predicted molar refractivity (Wildman–Crippen MR) is 87.5 cm³/mol. The zero-order valence-electron chi connectivity index (χ0n) is 11.6. The van der Waals surface area contributed by atoms with Crippen LogP contribution >= 0.6 is 11.6 Å². The molecule has 0 aromatic heterocycles. The van der Waals surface area contributed by atoms with E-state index in [4.69, 9.17) is 11.6 Å². The van der Waals surface area contributed by atoms with Gasteiger partial charge in [0.1, 0.15) is 6.04 Å². The Morgan fingerprint density at radius 2 is 1.81 bits per heavy atom. The van der Waals surface area contributed by atoms with E-state index in [2.05, 4.69) is 17.2 Å². The summed E-state index contributed by atoms with van der Waals surface area (Å²) < 4.78 is 0. The lowest BCUT2D eigenvalue weighted by Gasteiger charge is -2.18. The molecule has 108 valence electrons. The molecule has 2 rings (SSSR count). The fourth-order valence-electron chi connectivity index (χ4n) is 1.96. The molecule has 0 saturated heterocycles. The van der Waals surface area contributed by atoms with E-state index in [0.29, 0.717) is 17.3 Å². The van der Waals surface area contributed by atoms with Crippen molar-refractivity contribution in [1.29, 1.82) is 0 Å². The first-order valence-electron chi connectivity index (χ1n) is 6.66. The van der Waals surface area contributed by atoms with Crippen LogP contribution in [0.2, 0.25) is 5.02 Å². The average molecular weight is 301 g/mol. The van der Waals surface area contributed by atoms with Crippen molar-refractivity contribution < 1.29 is 4.79 Å². The number of carbonyl (C=O) groups excluding carboxylic acids is 1. The highest BCUT2D eigenvalue weighted by Gasteiger charge is 2.19. The van der Waals surface area contributed by atoms with Gasteiger partial charge in [-0.15, -0.1) is 6.58 Å². The van der Waals surface area contributed by atoms with E-state index >= 15 is 0 Å². The van der Waals surface area contributed by atoms with Crippen LogP contribution in [0, 0.1) is 0 Å². The summed E-state index contributed by atoms with van der Waals surface area (Å²) in [5.74, 6) is -0.120. The molecule has 0 aliphatic rings. The Morgan fingerprint density at radius 1 is 1.14 bits per heavy atom. The first-order valence-corrected chi connectivity index (χ1v) is 7.04. The normalized spacial score (nSPS) is 11.7. The molecule has 0 heterocycles. The molecule has 2 aromatic rings. The number of hydrogen-bond donors (Lipinski definition) is 2. The minimum Gasteiger partial charge on any atom is -0.324 e. The number of rotatable bonds is 6. The van der Waals surface area contributed by atoms with Gasteiger partial charge >= 0.3 is 0 Å². The highest BCUT2D eigenvalue weighted by molar-refractivity contribution is 6.30. The summed E-state index contributed by atoms with van der Waals surface area (Å²) in [5, 5.41) is 6.68. The minimum absolute atomic E-state index is 0.120. The molecule has 2 N–H and O–H groups in total. The Balaban J connectivity index is 2.14. The lowest BCUT2D eigenvalue weighted by Crippen LogP contribution is -2.33. The van der Waals surface area contributed by atoms with E-state index in [1.165, 1.54) is 0 Å². The smallest absolute Gasteiger partial charge is 0.246 e. The molecular formula is C17H17ClN2O. The lowest BCUT2D eigenvalue weighted by atomic mass is 10.1. The van der Waals surface area contributed by atoms with E-state index in [0.717, 1.165) is 5.56 Å². The molecule has 0 spiro atoms. The van der Waals surface area contributed by atoms with Crippen LogP contribution in [-0.2, 0) is 4.79 Å². The predicted octanol–water partition coefficient (Wildman–Crippen LogP) is 3.80. The highest BCUT2D eigenvalue weighted by Crippen LogP contribution is 2.17. The summed E-state index contributed by atoms with van der Waals surface area (Å²) in [6.07, 6.45) is 1.73. The molecule has 1 atom stereocenters. The number of amides is 1. The maximum Gasteiger partial charge on any atom is 0.246 e. The van der Waals surface area contributed by atoms with Crippen LogP contribution in [0.4, 0.5) is 5.69 Å². The van der Waals surface area contributed by atoms with Crippen molar-refractivity contribution in [3.05, 3.63) is 77.8 Å². The van der Waals surface area contributed by atoms with E-state index in [9.17, 15) is 4.79 Å². The van der Waals surface area contributed by atoms with Crippen molar-refractivity contribution in [3.63, 3.8) is 0 Å². The molecule has 1 amide bonds. The monoisotopic (exact) mass is 300 g/mol. The number of carbonyl (C=O) groups is 1. The fraction of sp³-hybridized carbons (Fsp3) is 0.118. The standard InChI is InChI=1S/C17H17ClN2O/c1-2-12-19-16(13-6-4-3-5-7-13)17(21)20-15-10-8-14(18)9-11-15/h2-11,16,19H,1,12H2,(H,20,21)/t16-/m1/s1. The summed E-state index contributed by atoms with van der Waals surface area (Å²) in [7, 11) is 0. The molecule has 2 aromatic carbocycles. The summed E-state index contributed by atoms with van der Waals surface area (Å²) in [5.41, 5.74) is 1.62. The van der Waals surface area contributed by atoms with Crippen LogP contribution in [0.25, 0.3) is 0 Å². The third-order valence-corrected chi connectivity index (χ3v) is 3.23. The quantitative estimate of drug-likeness (QED) is 0.797. The molecular weight excluding hydrogens is 284 g/mol. The number of benzene rings is 2. The SMILES string of the molecule is C=CCN[C@@H](C(=O)Nc1ccc(Cl)cc1)c1ccccc1. The van der Waals surface area contributed by atoms with Crippen LogP contribution < -0.4 is 10.6 Å². The molecule has 0 fully saturated rings. The van der Waals surface area contributed by atoms with Crippen molar-refractivity contribution in [2.24, 2.45) is 0 Å². The second-order valence-electron chi connectivity index (χ2n) is 4.54. The summed E-state index contributed by atoms with van der Waals surface area (Å²) >= 11 is 5.84. The van der Waals surface area contributed by atoms with Gasteiger partial charge in [0.15, 0.2) is 0 Å². The molecule has 0 bridgehead atoms. The third kappa shape index (κ3) is 4.45.